The molecule has 106 valence electrons. The molecule has 3 nitrogen and oxygen atoms in total. The average Bonchev–Trinajstić information content (AvgIpc) is 2.29. The average molecular weight is 263 g/mol. The Labute approximate surface area is 116 Å². The first-order valence-electron chi connectivity index (χ1n) is 7.03. The summed E-state index contributed by atoms with van der Waals surface area (Å²) in [7, 11) is 0. The Balaban J connectivity index is 2.06. The van der Waals surface area contributed by atoms with Crippen LogP contribution in [-0.2, 0) is 4.74 Å². The van der Waals surface area contributed by atoms with E-state index in [1.54, 1.807) is 0 Å². The zero-order chi connectivity index (χ0) is 14.0. The number of hydrogen-bond donors (Lipinski definition) is 1. The fraction of sp³-hybridized carbons (Fsp3) is 0.625. The molecular formula is C16H25NO2. The van der Waals surface area contributed by atoms with E-state index < -0.39 is 0 Å². The van der Waals surface area contributed by atoms with Crippen LogP contribution in [0, 0.1) is 0 Å². The summed E-state index contributed by atoms with van der Waals surface area (Å²) in [6.07, 6.45) is 0.319. The van der Waals surface area contributed by atoms with E-state index in [0.717, 1.165) is 12.4 Å². The summed E-state index contributed by atoms with van der Waals surface area (Å²) in [6.45, 7) is 11.3. The molecule has 1 saturated heterocycles. The molecule has 1 aliphatic rings. The first kappa shape index (κ1) is 14.4. The Kier molecular flexibility index (Phi) is 4.16. The highest BCUT2D eigenvalue weighted by atomic mass is 16.5. The largest absolute Gasteiger partial charge is 0.491 e. The molecule has 0 amide bonds. The highest BCUT2D eigenvalue weighted by Gasteiger charge is 2.33. The smallest absolute Gasteiger partial charge is 0.119 e. The molecule has 2 atom stereocenters. The van der Waals surface area contributed by atoms with Crippen molar-refractivity contribution in [1.82, 2.24) is 5.32 Å². The van der Waals surface area contributed by atoms with Gasteiger partial charge in [0, 0.05) is 11.6 Å². The van der Waals surface area contributed by atoms with Gasteiger partial charge in [-0.05, 0) is 52.3 Å². The van der Waals surface area contributed by atoms with Crippen molar-refractivity contribution in [3.8, 4) is 5.75 Å². The molecule has 1 aromatic carbocycles. The molecular weight excluding hydrogens is 238 g/mol. The maximum Gasteiger partial charge on any atom is 0.119 e. The highest BCUT2D eigenvalue weighted by Crippen LogP contribution is 2.29. The molecule has 1 aliphatic heterocycles. The van der Waals surface area contributed by atoms with Crippen molar-refractivity contribution in [1.29, 1.82) is 0 Å². The molecule has 0 radical (unpaired) electrons. The Hall–Kier alpha value is -1.06. The lowest BCUT2D eigenvalue weighted by molar-refractivity contribution is -0.0495. The second kappa shape index (κ2) is 5.51. The zero-order valence-electron chi connectivity index (χ0n) is 12.6. The Morgan fingerprint density at radius 3 is 2.42 bits per heavy atom. The number of rotatable bonds is 3. The fourth-order valence-corrected chi connectivity index (χ4v) is 2.57. The SMILES string of the molecule is CC(C)Oc1ccc(C2OCC(C)(C)NC2C)cc1. The summed E-state index contributed by atoms with van der Waals surface area (Å²) < 4.78 is 11.7. The van der Waals surface area contributed by atoms with Crippen LogP contribution in [0.3, 0.4) is 0 Å². The van der Waals surface area contributed by atoms with Gasteiger partial charge in [-0.1, -0.05) is 12.1 Å². The van der Waals surface area contributed by atoms with Crippen LogP contribution in [-0.4, -0.2) is 24.3 Å². The number of morpholine rings is 1. The van der Waals surface area contributed by atoms with Gasteiger partial charge in [-0.2, -0.15) is 0 Å². The minimum absolute atomic E-state index is 0.0522. The van der Waals surface area contributed by atoms with Crippen LogP contribution < -0.4 is 10.1 Å². The van der Waals surface area contributed by atoms with Gasteiger partial charge < -0.3 is 14.8 Å². The summed E-state index contributed by atoms with van der Waals surface area (Å²) in [5, 5.41) is 3.59. The summed E-state index contributed by atoms with van der Waals surface area (Å²) in [6, 6.07) is 8.54. The van der Waals surface area contributed by atoms with Gasteiger partial charge in [0.1, 0.15) is 5.75 Å². The molecule has 1 N–H and O–H groups in total. The first-order chi connectivity index (χ1) is 8.87. The van der Waals surface area contributed by atoms with E-state index >= 15 is 0 Å². The third kappa shape index (κ3) is 3.71. The minimum atomic E-state index is 0.0522. The van der Waals surface area contributed by atoms with Crippen molar-refractivity contribution in [3.05, 3.63) is 29.8 Å². The predicted molar refractivity (Wildman–Crippen MR) is 77.6 cm³/mol. The van der Waals surface area contributed by atoms with Crippen LogP contribution >= 0.6 is 0 Å². The monoisotopic (exact) mass is 263 g/mol. The van der Waals surface area contributed by atoms with Crippen molar-refractivity contribution in [2.24, 2.45) is 0 Å². The maximum absolute atomic E-state index is 6.01. The molecule has 2 unspecified atom stereocenters. The third-order valence-electron chi connectivity index (χ3n) is 3.28. The van der Waals surface area contributed by atoms with Crippen molar-refractivity contribution >= 4 is 0 Å². The Morgan fingerprint density at radius 2 is 1.89 bits per heavy atom. The van der Waals surface area contributed by atoms with Gasteiger partial charge in [-0.15, -0.1) is 0 Å². The van der Waals surface area contributed by atoms with Gasteiger partial charge in [-0.25, -0.2) is 0 Å². The normalized spacial score (nSPS) is 26.4. The van der Waals surface area contributed by atoms with Crippen LogP contribution in [0.5, 0.6) is 5.75 Å². The van der Waals surface area contributed by atoms with Gasteiger partial charge in [-0.3, -0.25) is 0 Å². The highest BCUT2D eigenvalue weighted by molar-refractivity contribution is 5.29. The fourth-order valence-electron chi connectivity index (χ4n) is 2.57. The van der Waals surface area contributed by atoms with Crippen LogP contribution in [0.25, 0.3) is 0 Å². The molecule has 1 fully saturated rings. The van der Waals surface area contributed by atoms with Crippen molar-refractivity contribution < 1.29 is 9.47 Å². The zero-order valence-corrected chi connectivity index (χ0v) is 12.6. The molecule has 0 bridgehead atoms. The van der Waals surface area contributed by atoms with Crippen LogP contribution in [0.15, 0.2) is 24.3 Å². The maximum atomic E-state index is 6.01. The van der Waals surface area contributed by atoms with E-state index in [2.05, 4.69) is 38.2 Å². The van der Waals surface area contributed by atoms with Gasteiger partial charge in [0.2, 0.25) is 0 Å². The van der Waals surface area contributed by atoms with Crippen LogP contribution in [0.4, 0.5) is 0 Å². The topological polar surface area (TPSA) is 30.5 Å². The van der Waals surface area contributed by atoms with Gasteiger partial charge in [0.05, 0.1) is 18.8 Å². The molecule has 3 heteroatoms. The lowest BCUT2D eigenvalue weighted by atomic mass is 9.96. The van der Waals surface area contributed by atoms with E-state index in [9.17, 15) is 0 Å². The second-order valence-electron chi connectivity index (χ2n) is 6.28. The molecule has 1 heterocycles. The minimum Gasteiger partial charge on any atom is -0.491 e. The summed E-state index contributed by atoms with van der Waals surface area (Å²) in [4.78, 5) is 0. The summed E-state index contributed by atoms with van der Waals surface area (Å²) in [5.41, 5.74) is 1.25. The Bertz CT molecular complexity index is 411. The molecule has 0 aliphatic carbocycles. The quantitative estimate of drug-likeness (QED) is 0.907. The molecule has 19 heavy (non-hydrogen) atoms. The van der Waals surface area contributed by atoms with E-state index in [-0.39, 0.29) is 17.7 Å². The van der Waals surface area contributed by atoms with E-state index in [4.69, 9.17) is 9.47 Å². The number of ether oxygens (including phenoxy) is 2. The standard InChI is InChI=1S/C16H25NO2/c1-11(2)19-14-8-6-13(7-9-14)15-12(3)17-16(4,5)10-18-15/h6-9,11-12,15,17H,10H2,1-5H3. The summed E-state index contributed by atoms with van der Waals surface area (Å²) >= 11 is 0. The molecule has 1 aromatic rings. The molecule has 0 saturated carbocycles. The molecule has 0 spiro atoms. The van der Waals surface area contributed by atoms with Gasteiger partial charge >= 0.3 is 0 Å². The Morgan fingerprint density at radius 1 is 1.26 bits per heavy atom. The van der Waals surface area contributed by atoms with Gasteiger partial charge in [0.15, 0.2) is 0 Å². The van der Waals surface area contributed by atoms with Crippen LogP contribution in [0.1, 0.15) is 46.3 Å². The lowest BCUT2D eigenvalue weighted by Gasteiger charge is -2.41. The van der Waals surface area contributed by atoms with Crippen LogP contribution in [0.2, 0.25) is 0 Å². The summed E-state index contributed by atoms with van der Waals surface area (Å²) in [5.74, 6) is 0.913. The van der Waals surface area contributed by atoms with Gasteiger partial charge in [0.25, 0.3) is 0 Å². The van der Waals surface area contributed by atoms with E-state index in [0.29, 0.717) is 6.04 Å². The van der Waals surface area contributed by atoms with E-state index in [1.807, 2.05) is 26.0 Å². The predicted octanol–water partition coefficient (Wildman–Crippen LogP) is 3.30. The molecule has 2 rings (SSSR count). The van der Waals surface area contributed by atoms with Crippen molar-refractivity contribution in [2.45, 2.75) is 58.4 Å². The number of nitrogens with one attached hydrogen (secondary N) is 1. The number of hydrogen-bond acceptors (Lipinski definition) is 3. The lowest BCUT2D eigenvalue weighted by Crippen LogP contribution is -2.55. The van der Waals surface area contributed by atoms with Crippen molar-refractivity contribution in [2.75, 3.05) is 6.61 Å². The van der Waals surface area contributed by atoms with E-state index in [1.165, 1.54) is 5.56 Å². The third-order valence-corrected chi connectivity index (χ3v) is 3.28. The first-order valence-corrected chi connectivity index (χ1v) is 7.03. The molecule has 0 aromatic heterocycles. The second-order valence-corrected chi connectivity index (χ2v) is 6.28. The number of benzene rings is 1. The van der Waals surface area contributed by atoms with Crippen molar-refractivity contribution in [3.63, 3.8) is 0 Å².